The second kappa shape index (κ2) is 63.4. The van der Waals surface area contributed by atoms with Crippen LogP contribution in [0.3, 0.4) is 0 Å². The van der Waals surface area contributed by atoms with Crippen molar-refractivity contribution in [3.8, 4) is 0 Å². The molecule has 0 amide bonds. The van der Waals surface area contributed by atoms with Crippen LogP contribution in [0.1, 0.15) is 26.7 Å². The zero-order valence-electron chi connectivity index (χ0n) is 43.8. The highest BCUT2D eigenvalue weighted by Crippen LogP contribution is 2.22. The Bertz CT molecular complexity index is 971. The zero-order chi connectivity index (χ0) is 50.6. The Labute approximate surface area is 432 Å². The molecule has 1 heterocycles. The highest BCUT2D eigenvalue weighted by molar-refractivity contribution is 6.74. The van der Waals surface area contributed by atoms with Gasteiger partial charge in [0.1, 0.15) is 0 Å². The van der Waals surface area contributed by atoms with E-state index in [9.17, 15) is 0 Å². The van der Waals surface area contributed by atoms with E-state index in [0.29, 0.717) is 225 Å². The van der Waals surface area contributed by atoms with E-state index in [-0.39, 0.29) is 7.43 Å². The monoisotopic (exact) mass is 1070 g/mol. The normalized spacial score (nSPS) is 16.0. The summed E-state index contributed by atoms with van der Waals surface area (Å²) < 4.78 is 109. The van der Waals surface area contributed by atoms with Gasteiger partial charge in [-0.1, -0.05) is 26.0 Å². The molecule has 0 saturated carbocycles. The molecule has 22 heteroatoms. The van der Waals surface area contributed by atoms with Crippen molar-refractivity contribution in [2.24, 2.45) is 0 Å². The summed E-state index contributed by atoms with van der Waals surface area (Å²) in [5.41, 5.74) is 0. The summed E-state index contributed by atoms with van der Waals surface area (Å²) in [5.74, 6) is 0. The van der Waals surface area contributed by atoms with Gasteiger partial charge in [-0.3, -0.25) is 0 Å². The van der Waals surface area contributed by atoms with E-state index < -0.39 is 17.6 Å². The van der Waals surface area contributed by atoms with Gasteiger partial charge in [-0.25, -0.2) is 0 Å². The number of ether oxygens (including phenoxy) is 18. The van der Waals surface area contributed by atoms with Gasteiger partial charge in [0.2, 0.25) is 0 Å². The molecule has 1 saturated heterocycles. The molecule has 0 aliphatic carbocycles. The highest BCUT2D eigenvalue weighted by Gasteiger charge is 2.33. The topological polar surface area (TPSA) is 185 Å². The maximum Gasteiger partial charge on any atom is 0.324 e. The molecule has 0 N–H and O–H groups in total. The minimum atomic E-state index is -1.96. The fraction of sp³-hybridized carbons (Fsp3) is 0.918. The van der Waals surface area contributed by atoms with E-state index in [1.807, 2.05) is 0 Å². The smallest absolute Gasteiger partial charge is 0.324 e. The van der Waals surface area contributed by atoms with Crippen LogP contribution in [0.5, 0.6) is 0 Å². The molecule has 1 rings (SSSR count). The van der Waals surface area contributed by atoms with Crippen molar-refractivity contribution in [1.29, 1.82) is 0 Å². The molecule has 2 atom stereocenters. The van der Waals surface area contributed by atoms with E-state index in [0.717, 1.165) is 25.7 Å². The van der Waals surface area contributed by atoms with Crippen LogP contribution < -0.4 is 0 Å². The van der Waals surface area contributed by atoms with Crippen LogP contribution in [-0.4, -0.2) is 263 Å². The lowest BCUT2D eigenvalue weighted by Crippen LogP contribution is -2.44. The van der Waals surface area contributed by atoms with Crippen molar-refractivity contribution >= 4 is 17.6 Å². The maximum atomic E-state index is 6.33. The fourth-order valence-electron chi connectivity index (χ4n) is 5.74. The van der Waals surface area contributed by atoms with E-state index in [1.165, 1.54) is 18.9 Å². The second-order valence-electron chi connectivity index (χ2n) is 15.4. The zero-order valence-corrected chi connectivity index (χ0v) is 46.0. The quantitative estimate of drug-likeness (QED) is 0.0469. The average molecular weight is 1070 g/mol. The predicted molar refractivity (Wildman–Crippen MR) is 278 cm³/mol. The second-order valence-corrected chi connectivity index (χ2v) is 21.6. The van der Waals surface area contributed by atoms with Gasteiger partial charge >= 0.3 is 8.56 Å². The third kappa shape index (κ3) is 61.6. The molecule has 1 aliphatic heterocycles. The van der Waals surface area contributed by atoms with Gasteiger partial charge in [-0.05, 0) is 38.0 Å². The molecular formula is C49H102O20Si2. The molecule has 20 nitrogen and oxygen atoms in total. The van der Waals surface area contributed by atoms with Gasteiger partial charge in [0.25, 0.3) is 0 Å². The third-order valence-electron chi connectivity index (χ3n) is 9.27. The summed E-state index contributed by atoms with van der Waals surface area (Å²) in [6.07, 6.45) is 6.87. The van der Waals surface area contributed by atoms with Crippen molar-refractivity contribution < 1.29 is 93.8 Å². The lowest BCUT2D eigenvalue weighted by molar-refractivity contribution is -0.0293. The molecule has 0 aromatic carbocycles. The molecule has 71 heavy (non-hydrogen) atoms. The Morgan fingerprint density at radius 2 is 0.648 bits per heavy atom. The lowest BCUT2D eigenvalue weighted by Gasteiger charge is -2.32. The van der Waals surface area contributed by atoms with Crippen LogP contribution in [0.4, 0.5) is 0 Å². The van der Waals surface area contributed by atoms with Gasteiger partial charge in [-0.2, -0.15) is 0 Å². The van der Waals surface area contributed by atoms with Crippen LogP contribution in [0.15, 0.2) is 25.3 Å². The molecule has 2 unspecified atom stereocenters. The minimum Gasteiger partial charge on any atom is -0.439 e. The first-order valence-corrected chi connectivity index (χ1v) is 30.4. The Balaban J connectivity index is 0. The average Bonchev–Trinajstić information content (AvgIpc) is 3.35. The van der Waals surface area contributed by atoms with E-state index in [4.69, 9.17) is 93.8 Å². The Kier molecular flexibility index (Phi) is 64.5. The maximum absolute atomic E-state index is 6.33. The summed E-state index contributed by atoms with van der Waals surface area (Å²) in [7, 11) is -1.32. The van der Waals surface area contributed by atoms with Gasteiger partial charge in [0.05, 0.1) is 225 Å². The van der Waals surface area contributed by atoms with E-state index >= 15 is 0 Å². The molecule has 0 aromatic heterocycles. The summed E-state index contributed by atoms with van der Waals surface area (Å²) >= 11 is 0. The molecule has 0 radical (unpaired) electrons. The molecular weight excluding hydrogens is 965 g/mol. The first-order valence-electron chi connectivity index (χ1n) is 25.4. The number of methoxy groups -OCH3 is 1. The van der Waals surface area contributed by atoms with Gasteiger partial charge in [-0.15, -0.1) is 13.2 Å². The summed E-state index contributed by atoms with van der Waals surface area (Å²) in [4.78, 5) is 0. The van der Waals surface area contributed by atoms with Gasteiger partial charge < -0.3 is 93.8 Å². The lowest BCUT2D eigenvalue weighted by atomic mass is 10.4. The first-order chi connectivity index (χ1) is 34.6. The van der Waals surface area contributed by atoms with Gasteiger partial charge in [0.15, 0.2) is 9.04 Å². The fourth-order valence-corrected chi connectivity index (χ4v) is 12.7. The van der Waals surface area contributed by atoms with Crippen molar-refractivity contribution in [2.45, 2.75) is 51.9 Å². The van der Waals surface area contributed by atoms with Crippen molar-refractivity contribution in [1.82, 2.24) is 0 Å². The Morgan fingerprint density at radius 1 is 0.394 bits per heavy atom. The Morgan fingerprint density at radius 3 is 0.915 bits per heavy atom. The highest BCUT2D eigenvalue weighted by atomic mass is 28.4. The van der Waals surface area contributed by atoms with Crippen LogP contribution in [-0.2, 0) is 93.8 Å². The van der Waals surface area contributed by atoms with Crippen LogP contribution in [0, 0.1) is 0 Å². The first kappa shape index (κ1) is 72.2. The van der Waals surface area contributed by atoms with E-state index in [2.05, 4.69) is 26.3 Å². The molecule has 1 aliphatic rings. The molecule has 1 fully saturated rings. The minimum absolute atomic E-state index is 0. The van der Waals surface area contributed by atoms with E-state index in [1.54, 1.807) is 19.3 Å². The standard InChI is InChI=1S/C32H62O14.C16H36O6Si2.CH4/c1-3-5-33-7-9-35-11-13-37-15-17-39-19-21-41-23-25-43-27-29-45-31-32-46-30-28-44-26-24-42-22-20-40-18-16-38-14-12-36-10-8-34-6-4-2;1-17-9-10-19-13-14-20-12-11-18-7-6-16-24(3)21-8-4-5-15-23(2)22-24;/h3-4H,1-2,5-32H2;23H,4-16H2,1-3H3;1H4. The summed E-state index contributed by atoms with van der Waals surface area (Å²) in [6.45, 7) is 31.6. The summed E-state index contributed by atoms with van der Waals surface area (Å²) in [5, 5.41) is 0. The SMILES string of the molecule is C.C=CCOCCOCCOCCOCCOCCOCCOCCOCCOCCOCCOCCOCCOCCOCC=C.COCCOCCOCCOCCC[Si]1(C)OCCCC[SiH](C)O1. The number of hydrogen-bond acceptors (Lipinski definition) is 20. The molecule has 0 bridgehead atoms. The van der Waals surface area contributed by atoms with Crippen molar-refractivity contribution in [2.75, 3.05) is 245 Å². The molecule has 0 aromatic rings. The molecule has 0 spiro atoms. The summed E-state index contributed by atoms with van der Waals surface area (Å²) in [6, 6.07) is 2.31. The van der Waals surface area contributed by atoms with Crippen molar-refractivity contribution in [3.63, 3.8) is 0 Å². The Hall–Kier alpha value is -0.886. The number of hydrogen-bond donors (Lipinski definition) is 0. The largest absolute Gasteiger partial charge is 0.439 e. The predicted octanol–water partition coefficient (Wildman–Crippen LogP) is 4.55. The van der Waals surface area contributed by atoms with Crippen LogP contribution in [0.25, 0.3) is 0 Å². The molecule has 426 valence electrons. The van der Waals surface area contributed by atoms with Crippen molar-refractivity contribution in [3.05, 3.63) is 25.3 Å². The van der Waals surface area contributed by atoms with Crippen LogP contribution >= 0.6 is 0 Å². The number of rotatable bonds is 56. The third-order valence-corrected chi connectivity index (χ3v) is 16.2. The van der Waals surface area contributed by atoms with Gasteiger partial charge in [0, 0.05) is 20.3 Å². The van der Waals surface area contributed by atoms with Crippen LogP contribution in [0.2, 0.25) is 25.2 Å².